The first-order valence-electron chi connectivity index (χ1n) is 6.73. The lowest BCUT2D eigenvalue weighted by Gasteiger charge is -2.14. The van der Waals surface area contributed by atoms with E-state index in [-0.39, 0.29) is 0 Å². The molecule has 0 saturated heterocycles. The predicted molar refractivity (Wildman–Crippen MR) is 86.2 cm³/mol. The van der Waals surface area contributed by atoms with Crippen molar-refractivity contribution in [3.05, 3.63) is 60.2 Å². The molecule has 2 rings (SSSR count). The maximum Gasteiger partial charge on any atom is 0.0478 e. The summed E-state index contributed by atoms with van der Waals surface area (Å²) in [4.78, 5) is 1.31. The van der Waals surface area contributed by atoms with Gasteiger partial charge in [0, 0.05) is 17.1 Å². The van der Waals surface area contributed by atoms with Gasteiger partial charge in [0.25, 0.3) is 0 Å². The Kier molecular flexibility index (Phi) is 5.34. The smallest absolute Gasteiger partial charge is 0.0478 e. The fraction of sp³-hybridized carbons (Fsp3) is 0.294. The van der Waals surface area contributed by atoms with E-state index in [0.717, 1.165) is 13.0 Å². The zero-order valence-electron chi connectivity index (χ0n) is 11.6. The number of rotatable bonds is 6. The standard InChI is InChI=1S/C17H21NS/c1-14(15-8-4-3-5-9-15)12-13-18-16-10-6-7-11-17(16)19-2/h3-11,14,18H,12-13H2,1-2H3. The maximum atomic E-state index is 3.54. The molecule has 0 heterocycles. The molecule has 0 aromatic heterocycles. The molecule has 1 N–H and O–H groups in total. The molecule has 19 heavy (non-hydrogen) atoms. The van der Waals surface area contributed by atoms with Gasteiger partial charge in [-0.25, -0.2) is 0 Å². The van der Waals surface area contributed by atoms with Gasteiger partial charge in [-0.3, -0.25) is 0 Å². The third-order valence-corrected chi connectivity index (χ3v) is 4.16. The van der Waals surface area contributed by atoms with Crippen LogP contribution in [0, 0.1) is 0 Å². The normalized spacial score (nSPS) is 12.1. The summed E-state index contributed by atoms with van der Waals surface area (Å²) in [6.07, 6.45) is 3.26. The first-order chi connectivity index (χ1) is 9.31. The Hall–Kier alpha value is -1.41. The van der Waals surface area contributed by atoms with E-state index in [2.05, 4.69) is 73.1 Å². The monoisotopic (exact) mass is 271 g/mol. The van der Waals surface area contributed by atoms with Crippen LogP contribution >= 0.6 is 11.8 Å². The van der Waals surface area contributed by atoms with Gasteiger partial charge < -0.3 is 5.32 Å². The van der Waals surface area contributed by atoms with E-state index in [4.69, 9.17) is 0 Å². The van der Waals surface area contributed by atoms with E-state index in [9.17, 15) is 0 Å². The molecule has 2 aromatic carbocycles. The minimum atomic E-state index is 0.593. The summed E-state index contributed by atoms with van der Waals surface area (Å²) in [5.41, 5.74) is 2.66. The molecule has 2 aromatic rings. The van der Waals surface area contributed by atoms with Crippen molar-refractivity contribution in [3.8, 4) is 0 Å². The van der Waals surface area contributed by atoms with E-state index in [1.54, 1.807) is 11.8 Å². The lowest BCUT2D eigenvalue weighted by Crippen LogP contribution is -2.06. The van der Waals surface area contributed by atoms with Crippen LogP contribution in [0.5, 0.6) is 0 Å². The first-order valence-corrected chi connectivity index (χ1v) is 7.95. The third kappa shape index (κ3) is 4.03. The molecule has 0 fully saturated rings. The second-order valence-corrected chi connectivity index (χ2v) is 5.58. The van der Waals surface area contributed by atoms with Crippen molar-refractivity contribution in [2.24, 2.45) is 0 Å². The average Bonchev–Trinajstić information content (AvgIpc) is 2.48. The second-order valence-electron chi connectivity index (χ2n) is 4.73. The molecule has 0 aliphatic heterocycles. The molecule has 0 saturated carbocycles. The second kappa shape index (κ2) is 7.25. The lowest BCUT2D eigenvalue weighted by molar-refractivity contribution is 0.705. The van der Waals surface area contributed by atoms with Gasteiger partial charge in [0.15, 0.2) is 0 Å². The van der Waals surface area contributed by atoms with Crippen LogP contribution in [0.2, 0.25) is 0 Å². The molecular weight excluding hydrogens is 250 g/mol. The highest BCUT2D eigenvalue weighted by molar-refractivity contribution is 7.98. The van der Waals surface area contributed by atoms with Crippen LogP contribution in [-0.2, 0) is 0 Å². The highest BCUT2D eigenvalue weighted by Gasteiger charge is 2.05. The Bertz CT molecular complexity index is 496. The summed E-state index contributed by atoms with van der Waals surface area (Å²) < 4.78 is 0. The summed E-state index contributed by atoms with van der Waals surface area (Å²) >= 11 is 1.79. The molecule has 1 unspecified atom stereocenters. The summed E-state index contributed by atoms with van der Waals surface area (Å²) in [5, 5.41) is 3.54. The summed E-state index contributed by atoms with van der Waals surface area (Å²) in [6, 6.07) is 19.2. The number of anilines is 1. The maximum absolute atomic E-state index is 3.54. The zero-order valence-corrected chi connectivity index (χ0v) is 12.4. The molecular formula is C17H21NS. The van der Waals surface area contributed by atoms with Crippen molar-refractivity contribution in [1.82, 2.24) is 0 Å². The van der Waals surface area contributed by atoms with Crippen LogP contribution in [0.15, 0.2) is 59.5 Å². The minimum absolute atomic E-state index is 0.593. The molecule has 1 atom stereocenters. The summed E-state index contributed by atoms with van der Waals surface area (Å²) in [7, 11) is 0. The van der Waals surface area contributed by atoms with Gasteiger partial charge >= 0.3 is 0 Å². The molecule has 0 radical (unpaired) electrons. The highest BCUT2D eigenvalue weighted by atomic mass is 32.2. The van der Waals surface area contributed by atoms with Crippen molar-refractivity contribution >= 4 is 17.4 Å². The number of thioether (sulfide) groups is 1. The van der Waals surface area contributed by atoms with Crippen LogP contribution in [-0.4, -0.2) is 12.8 Å². The van der Waals surface area contributed by atoms with E-state index >= 15 is 0 Å². The highest BCUT2D eigenvalue weighted by Crippen LogP contribution is 2.25. The summed E-state index contributed by atoms with van der Waals surface area (Å²) in [5.74, 6) is 0.593. The molecule has 2 heteroatoms. The van der Waals surface area contributed by atoms with Gasteiger partial charge in [-0.05, 0) is 36.3 Å². The van der Waals surface area contributed by atoms with Crippen molar-refractivity contribution in [1.29, 1.82) is 0 Å². The van der Waals surface area contributed by atoms with Crippen molar-refractivity contribution in [3.63, 3.8) is 0 Å². The van der Waals surface area contributed by atoms with Gasteiger partial charge in [0.2, 0.25) is 0 Å². The van der Waals surface area contributed by atoms with Crippen molar-refractivity contribution in [2.75, 3.05) is 18.1 Å². The Balaban J connectivity index is 1.87. The fourth-order valence-corrected chi connectivity index (χ4v) is 2.74. The molecule has 1 nitrogen and oxygen atoms in total. The zero-order chi connectivity index (χ0) is 13.5. The predicted octanol–water partition coefficient (Wildman–Crippen LogP) is 5.01. The Morgan fingerprint density at radius 3 is 2.42 bits per heavy atom. The molecule has 0 aliphatic rings. The molecule has 0 aliphatic carbocycles. The topological polar surface area (TPSA) is 12.0 Å². The molecule has 100 valence electrons. The number of para-hydroxylation sites is 1. The van der Waals surface area contributed by atoms with Gasteiger partial charge in [-0.2, -0.15) is 0 Å². The van der Waals surface area contributed by atoms with Crippen LogP contribution in [0.25, 0.3) is 0 Å². The molecule has 0 bridgehead atoms. The van der Waals surface area contributed by atoms with Gasteiger partial charge in [-0.1, -0.05) is 49.4 Å². The Morgan fingerprint density at radius 1 is 1.00 bits per heavy atom. The van der Waals surface area contributed by atoms with Gasteiger partial charge in [0.1, 0.15) is 0 Å². The minimum Gasteiger partial charge on any atom is -0.384 e. The van der Waals surface area contributed by atoms with E-state index < -0.39 is 0 Å². The molecule has 0 amide bonds. The van der Waals surface area contributed by atoms with E-state index in [0.29, 0.717) is 5.92 Å². The van der Waals surface area contributed by atoms with Crippen molar-refractivity contribution < 1.29 is 0 Å². The van der Waals surface area contributed by atoms with E-state index in [1.165, 1.54) is 16.1 Å². The van der Waals surface area contributed by atoms with Gasteiger partial charge in [0.05, 0.1) is 0 Å². The van der Waals surface area contributed by atoms with E-state index in [1.807, 2.05) is 0 Å². The van der Waals surface area contributed by atoms with Crippen LogP contribution in [0.3, 0.4) is 0 Å². The quantitative estimate of drug-likeness (QED) is 0.741. The Labute approximate surface area is 120 Å². The molecule has 0 spiro atoms. The lowest BCUT2D eigenvalue weighted by atomic mass is 9.98. The largest absolute Gasteiger partial charge is 0.384 e. The number of benzene rings is 2. The van der Waals surface area contributed by atoms with Gasteiger partial charge in [-0.15, -0.1) is 11.8 Å². The number of nitrogens with one attached hydrogen (secondary N) is 1. The SMILES string of the molecule is CSc1ccccc1NCCC(C)c1ccccc1. The van der Waals surface area contributed by atoms with Crippen LogP contribution in [0.4, 0.5) is 5.69 Å². The summed E-state index contributed by atoms with van der Waals surface area (Å²) in [6.45, 7) is 3.30. The first kappa shape index (κ1) is 14.0. The average molecular weight is 271 g/mol. The Morgan fingerprint density at radius 2 is 1.68 bits per heavy atom. The van der Waals surface area contributed by atoms with Crippen LogP contribution in [0.1, 0.15) is 24.8 Å². The van der Waals surface area contributed by atoms with Crippen molar-refractivity contribution in [2.45, 2.75) is 24.2 Å². The third-order valence-electron chi connectivity index (χ3n) is 3.37. The number of hydrogen-bond acceptors (Lipinski definition) is 2. The number of hydrogen-bond donors (Lipinski definition) is 1. The van der Waals surface area contributed by atoms with Crippen LogP contribution < -0.4 is 5.32 Å². The fourth-order valence-electron chi connectivity index (χ4n) is 2.16.